The lowest BCUT2D eigenvalue weighted by atomic mass is 10.2. The fraction of sp³-hybridized carbons (Fsp3) is 0. The Morgan fingerprint density at radius 2 is 2.10 bits per heavy atom. The third kappa shape index (κ3) is 2.66. The van der Waals surface area contributed by atoms with Gasteiger partial charge in [-0.05, 0) is 47.8 Å². The zero-order valence-corrected chi connectivity index (χ0v) is 12.0. The van der Waals surface area contributed by atoms with Crippen LogP contribution >= 0.6 is 23.5 Å². The van der Waals surface area contributed by atoms with E-state index in [1.165, 1.54) is 24.1 Å². The van der Waals surface area contributed by atoms with Gasteiger partial charge < -0.3 is 9.46 Å². The highest BCUT2D eigenvalue weighted by atomic mass is 35.5. The van der Waals surface area contributed by atoms with E-state index in [4.69, 9.17) is 16.3 Å². The van der Waals surface area contributed by atoms with E-state index in [0.717, 1.165) is 4.90 Å². The quantitative estimate of drug-likeness (QED) is 0.661. The molecule has 104 valence electrons. The fourth-order valence-electron chi connectivity index (χ4n) is 1.79. The van der Waals surface area contributed by atoms with Crippen molar-refractivity contribution in [1.82, 2.24) is 4.72 Å². The normalized spacial score (nSPS) is 12.7. The Hall–Kier alpha value is -2.23. The molecule has 4 nitrogen and oxygen atoms in total. The Morgan fingerprint density at radius 3 is 2.86 bits per heavy atom. The molecular formula is C14H7ClFN3OS. The molecule has 3 rings (SSSR count). The Labute approximate surface area is 129 Å². The molecule has 1 heterocycles. The molecule has 0 spiro atoms. The molecule has 2 aromatic carbocycles. The number of hydrogen-bond acceptors (Lipinski definition) is 5. The van der Waals surface area contributed by atoms with Gasteiger partial charge in [0.15, 0.2) is 17.3 Å². The minimum absolute atomic E-state index is 0.0252. The number of ether oxygens (including phenoxy) is 1. The van der Waals surface area contributed by atoms with Crippen molar-refractivity contribution in [1.29, 1.82) is 5.26 Å². The lowest BCUT2D eigenvalue weighted by molar-refractivity contribution is 0.441. The van der Waals surface area contributed by atoms with Crippen LogP contribution in [0.1, 0.15) is 5.56 Å². The summed E-state index contributed by atoms with van der Waals surface area (Å²) in [6, 6.07) is 11.3. The minimum atomic E-state index is -0.518. The number of nitrogens with zero attached hydrogens (tertiary/aromatic N) is 2. The van der Waals surface area contributed by atoms with Crippen LogP contribution in [0.15, 0.2) is 46.3 Å². The Kier molecular flexibility index (Phi) is 3.69. The second-order valence-corrected chi connectivity index (χ2v) is 5.25. The monoisotopic (exact) mass is 319 g/mol. The predicted octanol–water partition coefficient (Wildman–Crippen LogP) is 4.33. The summed E-state index contributed by atoms with van der Waals surface area (Å²) in [6.45, 7) is 0. The summed E-state index contributed by atoms with van der Waals surface area (Å²) in [4.78, 5) is 4.87. The minimum Gasteiger partial charge on any atom is -0.451 e. The number of benzene rings is 2. The van der Waals surface area contributed by atoms with E-state index in [0.29, 0.717) is 5.69 Å². The van der Waals surface area contributed by atoms with E-state index >= 15 is 0 Å². The van der Waals surface area contributed by atoms with Crippen LogP contribution in [-0.4, -0.2) is 5.29 Å². The van der Waals surface area contributed by atoms with Gasteiger partial charge in [-0.2, -0.15) is 5.26 Å². The summed E-state index contributed by atoms with van der Waals surface area (Å²) >= 11 is 7.10. The SMILES string of the molecule is N#Cc1ccc2c(c1Oc1ccccc1F)N=C(Cl)NS2. The third-order valence-corrected chi connectivity index (χ3v) is 3.85. The van der Waals surface area contributed by atoms with E-state index in [-0.39, 0.29) is 22.4 Å². The first-order valence-electron chi connectivity index (χ1n) is 5.85. The van der Waals surface area contributed by atoms with Crippen LogP contribution in [0, 0.1) is 17.1 Å². The van der Waals surface area contributed by atoms with Crippen molar-refractivity contribution in [2.24, 2.45) is 4.99 Å². The molecule has 1 aliphatic rings. The molecule has 0 radical (unpaired) electrons. The molecule has 7 heteroatoms. The first-order valence-corrected chi connectivity index (χ1v) is 7.05. The summed E-state index contributed by atoms with van der Waals surface area (Å²) in [5, 5.41) is 9.37. The zero-order valence-electron chi connectivity index (χ0n) is 10.4. The number of para-hydroxylation sites is 1. The highest BCUT2D eigenvalue weighted by Gasteiger charge is 2.20. The molecule has 0 unspecified atom stereocenters. The van der Waals surface area contributed by atoms with E-state index in [2.05, 4.69) is 9.71 Å². The predicted molar refractivity (Wildman–Crippen MR) is 79.6 cm³/mol. The number of rotatable bonds is 2. The smallest absolute Gasteiger partial charge is 0.206 e. The molecule has 0 bridgehead atoms. The highest BCUT2D eigenvalue weighted by Crippen LogP contribution is 2.44. The Bertz CT molecular complexity index is 788. The fourth-order valence-corrected chi connectivity index (χ4v) is 2.60. The van der Waals surface area contributed by atoms with Crippen molar-refractivity contribution in [3.8, 4) is 17.6 Å². The van der Waals surface area contributed by atoms with Crippen molar-refractivity contribution in [3.05, 3.63) is 47.8 Å². The maximum absolute atomic E-state index is 13.7. The summed E-state index contributed by atoms with van der Waals surface area (Å²) in [7, 11) is 0. The number of nitrogens with one attached hydrogen (secondary N) is 1. The maximum Gasteiger partial charge on any atom is 0.206 e. The van der Waals surface area contributed by atoms with Crippen molar-refractivity contribution in [2.45, 2.75) is 4.90 Å². The molecule has 1 aliphatic heterocycles. The molecule has 0 aliphatic carbocycles. The number of hydrogen-bond donors (Lipinski definition) is 1. The van der Waals surface area contributed by atoms with Crippen LogP contribution in [0.5, 0.6) is 11.5 Å². The number of amidine groups is 1. The van der Waals surface area contributed by atoms with Gasteiger partial charge in [-0.15, -0.1) is 0 Å². The lowest BCUT2D eigenvalue weighted by Crippen LogP contribution is -2.12. The van der Waals surface area contributed by atoms with Gasteiger partial charge in [0.1, 0.15) is 11.8 Å². The van der Waals surface area contributed by atoms with Gasteiger partial charge in [0.25, 0.3) is 0 Å². The number of halogens is 2. The molecular weight excluding hydrogens is 313 g/mol. The molecule has 1 N–H and O–H groups in total. The van der Waals surface area contributed by atoms with Crippen LogP contribution in [-0.2, 0) is 0 Å². The van der Waals surface area contributed by atoms with E-state index < -0.39 is 5.82 Å². The molecule has 21 heavy (non-hydrogen) atoms. The van der Waals surface area contributed by atoms with Gasteiger partial charge in [0.05, 0.1) is 10.5 Å². The maximum atomic E-state index is 13.7. The average Bonchev–Trinajstić information content (AvgIpc) is 2.50. The van der Waals surface area contributed by atoms with Crippen LogP contribution in [0.3, 0.4) is 0 Å². The summed E-state index contributed by atoms with van der Waals surface area (Å²) in [5.41, 5.74) is 0.666. The van der Waals surface area contributed by atoms with Crippen molar-refractivity contribution < 1.29 is 9.13 Å². The standard InChI is InChI=1S/C14H7ClFN3OS/c15-14-18-12-11(21-19-14)6-5-8(7-17)13(12)20-10-4-2-1-3-9(10)16/h1-6H,(H,18,19). The zero-order chi connectivity index (χ0) is 14.8. The molecule has 2 aromatic rings. The molecule has 0 amide bonds. The van der Waals surface area contributed by atoms with Gasteiger partial charge in [-0.25, -0.2) is 9.38 Å². The highest BCUT2D eigenvalue weighted by molar-refractivity contribution is 7.98. The number of nitriles is 1. The molecule has 0 saturated carbocycles. The summed E-state index contributed by atoms with van der Waals surface area (Å²) in [5.74, 6) is -0.305. The van der Waals surface area contributed by atoms with Gasteiger partial charge in [-0.1, -0.05) is 12.1 Å². The van der Waals surface area contributed by atoms with Crippen LogP contribution in [0.2, 0.25) is 0 Å². The van der Waals surface area contributed by atoms with E-state index in [9.17, 15) is 9.65 Å². The van der Waals surface area contributed by atoms with Crippen molar-refractivity contribution in [3.63, 3.8) is 0 Å². The largest absolute Gasteiger partial charge is 0.451 e. The van der Waals surface area contributed by atoms with E-state index in [1.807, 2.05) is 6.07 Å². The summed E-state index contributed by atoms with van der Waals surface area (Å²) in [6.07, 6.45) is 0. The van der Waals surface area contributed by atoms with Crippen molar-refractivity contribution >= 4 is 34.5 Å². The second-order valence-electron chi connectivity index (χ2n) is 4.04. The topological polar surface area (TPSA) is 57.4 Å². The lowest BCUT2D eigenvalue weighted by Gasteiger charge is -2.17. The molecule has 0 saturated heterocycles. The van der Waals surface area contributed by atoms with Crippen LogP contribution in [0.4, 0.5) is 10.1 Å². The Balaban J connectivity index is 2.14. The second kappa shape index (κ2) is 5.64. The third-order valence-electron chi connectivity index (χ3n) is 2.72. The average molecular weight is 320 g/mol. The molecule has 0 atom stereocenters. The summed E-state index contributed by atoms with van der Waals surface area (Å²) < 4.78 is 22.1. The van der Waals surface area contributed by atoms with Crippen LogP contribution in [0.25, 0.3) is 0 Å². The number of aliphatic imine (C=N–C) groups is 1. The van der Waals surface area contributed by atoms with Crippen molar-refractivity contribution in [2.75, 3.05) is 0 Å². The first kappa shape index (κ1) is 13.7. The van der Waals surface area contributed by atoms with Gasteiger partial charge >= 0.3 is 0 Å². The number of fused-ring (bicyclic) bond motifs is 1. The van der Waals surface area contributed by atoms with Gasteiger partial charge in [0.2, 0.25) is 5.29 Å². The van der Waals surface area contributed by atoms with Crippen LogP contribution < -0.4 is 9.46 Å². The van der Waals surface area contributed by atoms with Gasteiger partial charge in [0, 0.05) is 0 Å². The molecule has 0 aromatic heterocycles. The van der Waals surface area contributed by atoms with E-state index in [1.54, 1.807) is 24.3 Å². The first-order chi connectivity index (χ1) is 10.2. The molecule has 0 fully saturated rings. The Morgan fingerprint density at radius 1 is 1.29 bits per heavy atom. The van der Waals surface area contributed by atoms with Gasteiger partial charge in [-0.3, -0.25) is 0 Å².